The van der Waals surface area contributed by atoms with E-state index in [1.807, 2.05) is 39.0 Å². The second-order valence-corrected chi connectivity index (χ2v) is 4.37. The van der Waals surface area contributed by atoms with E-state index in [1.54, 1.807) is 16.8 Å². The van der Waals surface area contributed by atoms with Gasteiger partial charge in [-0.15, -0.1) is 4.68 Å². The molecule has 1 aromatic carbocycles. The number of hydrogen-bond acceptors (Lipinski definition) is 3. The molecule has 1 heterocycles. The first-order chi connectivity index (χ1) is 8.59. The van der Waals surface area contributed by atoms with Gasteiger partial charge in [-0.1, -0.05) is 40.8 Å². The van der Waals surface area contributed by atoms with Crippen molar-refractivity contribution in [1.82, 2.24) is 15.1 Å². The van der Waals surface area contributed by atoms with E-state index in [-0.39, 0.29) is 11.8 Å². The molecule has 0 saturated carbocycles. The SMILES string of the molecule is Cc1n(/C=C(\[O-])c2ccccc2)nn[n+]1C(C)C. The van der Waals surface area contributed by atoms with Gasteiger partial charge in [0.2, 0.25) is 0 Å². The van der Waals surface area contributed by atoms with Gasteiger partial charge in [0.1, 0.15) is 11.4 Å². The summed E-state index contributed by atoms with van der Waals surface area (Å²) in [6.45, 7) is 5.92. The second-order valence-electron chi connectivity index (χ2n) is 4.37. The van der Waals surface area contributed by atoms with Crippen LogP contribution in [0.25, 0.3) is 12.0 Å². The Morgan fingerprint density at radius 1 is 1.33 bits per heavy atom. The van der Waals surface area contributed by atoms with Crippen molar-refractivity contribution >= 4 is 12.0 Å². The standard InChI is InChI=1S/C13H16N4O/c1-10(2)17-11(3)16(14-15-17)9-13(18)12-7-5-4-6-8-12/h4-10H,1-3H3/b13-9-. The molecular weight excluding hydrogens is 228 g/mol. The molecule has 0 spiro atoms. The van der Waals surface area contributed by atoms with Gasteiger partial charge >= 0.3 is 0 Å². The third-order valence-corrected chi connectivity index (χ3v) is 2.68. The molecule has 0 radical (unpaired) electrons. The molecule has 5 nitrogen and oxygen atoms in total. The molecule has 18 heavy (non-hydrogen) atoms. The van der Waals surface area contributed by atoms with Crippen LogP contribution in [-0.4, -0.2) is 15.1 Å². The van der Waals surface area contributed by atoms with Crippen molar-refractivity contribution in [1.29, 1.82) is 0 Å². The lowest BCUT2D eigenvalue weighted by Crippen LogP contribution is -2.41. The van der Waals surface area contributed by atoms with Crippen molar-refractivity contribution in [3.05, 3.63) is 41.7 Å². The van der Waals surface area contributed by atoms with Gasteiger partial charge in [0.15, 0.2) is 5.21 Å². The van der Waals surface area contributed by atoms with Gasteiger partial charge < -0.3 is 5.11 Å². The Morgan fingerprint density at radius 3 is 2.56 bits per heavy atom. The smallest absolute Gasteiger partial charge is 0.259 e. The largest absolute Gasteiger partial charge is 0.870 e. The van der Waals surface area contributed by atoms with E-state index in [2.05, 4.69) is 10.4 Å². The number of hydrogen-bond donors (Lipinski definition) is 0. The maximum Gasteiger partial charge on any atom is 0.259 e. The zero-order valence-electron chi connectivity index (χ0n) is 10.7. The highest BCUT2D eigenvalue weighted by atomic mass is 16.3. The summed E-state index contributed by atoms with van der Waals surface area (Å²) in [7, 11) is 0. The average Bonchev–Trinajstić information content (AvgIpc) is 2.72. The van der Waals surface area contributed by atoms with Crippen LogP contribution in [0.4, 0.5) is 0 Å². The van der Waals surface area contributed by atoms with Crippen molar-refractivity contribution in [3.63, 3.8) is 0 Å². The van der Waals surface area contributed by atoms with Crippen LogP contribution < -0.4 is 9.79 Å². The summed E-state index contributed by atoms with van der Waals surface area (Å²) in [5.74, 6) is 0.744. The first kappa shape index (κ1) is 12.3. The molecule has 0 N–H and O–H groups in total. The van der Waals surface area contributed by atoms with Crippen LogP contribution in [0, 0.1) is 6.92 Å². The Hall–Kier alpha value is -2.17. The molecule has 1 aromatic heterocycles. The van der Waals surface area contributed by atoms with Gasteiger partial charge in [0.25, 0.3) is 5.82 Å². The summed E-state index contributed by atoms with van der Waals surface area (Å²) in [4.78, 5) is 0. The van der Waals surface area contributed by atoms with Crippen LogP contribution in [0.3, 0.4) is 0 Å². The van der Waals surface area contributed by atoms with Crippen LogP contribution in [0.2, 0.25) is 0 Å². The molecule has 0 fully saturated rings. The zero-order valence-corrected chi connectivity index (χ0v) is 10.7. The highest BCUT2D eigenvalue weighted by Gasteiger charge is 2.16. The number of aromatic nitrogens is 4. The predicted molar refractivity (Wildman–Crippen MR) is 65.9 cm³/mol. The van der Waals surface area contributed by atoms with Gasteiger partial charge in [0.05, 0.1) is 6.04 Å². The predicted octanol–water partition coefficient (Wildman–Crippen LogP) is 0.771. The molecule has 94 valence electrons. The molecule has 5 heteroatoms. The molecule has 0 saturated heterocycles. The van der Waals surface area contributed by atoms with Crippen LogP contribution >= 0.6 is 0 Å². The third-order valence-electron chi connectivity index (χ3n) is 2.68. The van der Waals surface area contributed by atoms with E-state index in [9.17, 15) is 5.11 Å². The van der Waals surface area contributed by atoms with Gasteiger partial charge in [0, 0.05) is 6.92 Å². The first-order valence-electron chi connectivity index (χ1n) is 5.87. The molecule has 0 amide bonds. The van der Waals surface area contributed by atoms with Crippen LogP contribution in [0.15, 0.2) is 30.3 Å². The van der Waals surface area contributed by atoms with Crippen molar-refractivity contribution < 1.29 is 9.79 Å². The normalized spacial score (nSPS) is 12.1. The van der Waals surface area contributed by atoms with Gasteiger partial charge in [-0.25, -0.2) is 0 Å². The van der Waals surface area contributed by atoms with Crippen molar-refractivity contribution in [3.8, 4) is 0 Å². The van der Waals surface area contributed by atoms with E-state index in [4.69, 9.17) is 0 Å². The van der Waals surface area contributed by atoms with E-state index in [0.717, 1.165) is 5.82 Å². The molecular formula is C13H16N4O. The maximum absolute atomic E-state index is 12.0. The van der Waals surface area contributed by atoms with Crippen molar-refractivity contribution in [2.45, 2.75) is 26.8 Å². The Labute approximate surface area is 106 Å². The third kappa shape index (κ3) is 2.40. The molecule has 2 rings (SSSR count). The summed E-state index contributed by atoms with van der Waals surface area (Å²) in [5.41, 5.74) is 0.642. The molecule has 0 aliphatic heterocycles. The molecule has 0 unspecified atom stereocenters. The number of rotatable bonds is 3. The summed E-state index contributed by atoms with van der Waals surface area (Å²) >= 11 is 0. The van der Waals surface area contributed by atoms with Gasteiger partial charge in [-0.2, -0.15) is 0 Å². The first-order valence-corrected chi connectivity index (χ1v) is 5.87. The monoisotopic (exact) mass is 244 g/mol. The minimum atomic E-state index is -0.0838. The topological polar surface area (TPSA) is 57.6 Å². The van der Waals surface area contributed by atoms with E-state index in [0.29, 0.717) is 5.56 Å². The minimum Gasteiger partial charge on any atom is -0.870 e. The fraction of sp³-hybridized carbons (Fsp3) is 0.308. The average molecular weight is 244 g/mol. The molecule has 0 aliphatic carbocycles. The Morgan fingerprint density at radius 2 is 2.00 bits per heavy atom. The lowest BCUT2D eigenvalue weighted by molar-refractivity contribution is -0.777. The van der Waals surface area contributed by atoms with Crippen LogP contribution in [0.1, 0.15) is 31.3 Å². The Balaban J connectivity index is 2.34. The fourth-order valence-electron chi connectivity index (χ4n) is 1.70. The van der Waals surface area contributed by atoms with E-state index in [1.165, 1.54) is 10.9 Å². The molecule has 0 bridgehead atoms. The van der Waals surface area contributed by atoms with Gasteiger partial charge in [-0.05, 0) is 19.4 Å². The molecule has 0 atom stereocenters. The zero-order chi connectivity index (χ0) is 13.1. The van der Waals surface area contributed by atoms with Crippen molar-refractivity contribution in [2.24, 2.45) is 0 Å². The lowest BCUT2D eigenvalue weighted by Gasteiger charge is -2.09. The van der Waals surface area contributed by atoms with Crippen LogP contribution in [0.5, 0.6) is 0 Å². The van der Waals surface area contributed by atoms with Crippen LogP contribution in [-0.2, 0) is 0 Å². The summed E-state index contributed by atoms with van der Waals surface area (Å²) in [6.07, 6.45) is 1.45. The summed E-state index contributed by atoms with van der Waals surface area (Å²) in [5, 5.41) is 20.0. The number of benzene rings is 1. The van der Waals surface area contributed by atoms with E-state index >= 15 is 0 Å². The van der Waals surface area contributed by atoms with Gasteiger partial charge in [-0.3, -0.25) is 0 Å². The summed E-state index contributed by atoms with van der Waals surface area (Å²) in [6, 6.07) is 9.33. The molecule has 2 aromatic rings. The Bertz CT molecular complexity index is 558. The van der Waals surface area contributed by atoms with E-state index < -0.39 is 0 Å². The summed E-state index contributed by atoms with van der Waals surface area (Å²) < 4.78 is 3.28. The maximum atomic E-state index is 12.0. The number of tetrazole rings is 1. The quantitative estimate of drug-likeness (QED) is 0.592. The highest BCUT2D eigenvalue weighted by Crippen LogP contribution is 2.08. The minimum absolute atomic E-state index is 0.0838. The highest BCUT2D eigenvalue weighted by molar-refractivity contribution is 5.67. The number of nitrogens with zero attached hydrogens (tertiary/aromatic N) is 4. The second kappa shape index (κ2) is 5.00. The fourth-order valence-corrected chi connectivity index (χ4v) is 1.70. The Kier molecular flexibility index (Phi) is 3.41. The lowest BCUT2D eigenvalue weighted by atomic mass is 10.2. The van der Waals surface area contributed by atoms with Crippen molar-refractivity contribution in [2.75, 3.05) is 0 Å². The molecule has 0 aliphatic rings.